The Bertz CT molecular complexity index is 1790. The van der Waals surface area contributed by atoms with Crippen LogP contribution in [0.1, 0.15) is 53.6 Å². The zero-order valence-electron chi connectivity index (χ0n) is 23.9. The van der Waals surface area contributed by atoms with Crippen LogP contribution in [0, 0.1) is 0 Å². The third-order valence-electron chi connectivity index (χ3n) is 6.60. The molecule has 222 valence electrons. The van der Waals surface area contributed by atoms with Gasteiger partial charge in [-0.25, -0.2) is 9.67 Å². The Balaban J connectivity index is 1.67. The van der Waals surface area contributed by atoms with Crippen LogP contribution in [0.15, 0.2) is 71.4 Å². The summed E-state index contributed by atoms with van der Waals surface area (Å²) in [6.07, 6.45) is -2.73. The Morgan fingerprint density at radius 2 is 1.72 bits per heavy atom. The van der Waals surface area contributed by atoms with Crippen molar-refractivity contribution in [2.75, 3.05) is 7.05 Å². The number of amides is 2. The maximum absolute atomic E-state index is 13.3. The van der Waals surface area contributed by atoms with E-state index >= 15 is 0 Å². The van der Waals surface area contributed by atoms with Crippen LogP contribution in [0.3, 0.4) is 0 Å². The van der Waals surface area contributed by atoms with Crippen LogP contribution >= 0.6 is 0 Å². The molecular weight excluding hydrogens is 561 g/mol. The number of aromatic nitrogens is 4. The van der Waals surface area contributed by atoms with Crippen molar-refractivity contribution >= 4 is 22.9 Å². The number of carbonyl (C=O) groups excluding carboxylic acids is 2. The van der Waals surface area contributed by atoms with Crippen molar-refractivity contribution in [2.45, 2.75) is 45.3 Å². The van der Waals surface area contributed by atoms with Crippen molar-refractivity contribution in [1.29, 1.82) is 0 Å². The van der Waals surface area contributed by atoms with Crippen LogP contribution in [-0.2, 0) is 6.42 Å². The number of pyridine rings is 1. The SMILES string of the molecule is CNC(=O)c1c(-c2ccc(-n3ccnn3)cc2)oc2nc(CCC(F)(F)F)c(-c3cccc(C(=O)NC(C)(C)C)c3)cc12. The number of nitrogens with one attached hydrogen (secondary N) is 2. The van der Waals surface area contributed by atoms with Gasteiger partial charge in [0, 0.05) is 35.7 Å². The fourth-order valence-electron chi connectivity index (χ4n) is 4.67. The summed E-state index contributed by atoms with van der Waals surface area (Å²) in [6, 6.07) is 15.2. The lowest BCUT2D eigenvalue weighted by Crippen LogP contribution is -2.40. The molecule has 0 spiro atoms. The van der Waals surface area contributed by atoms with Gasteiger partial charge in [0.1, 0.15) is 5.76 Å². The summed E-state index contributed by atoms with van der Waals surface area (Å²) in [6.45, 7) is 5.54. The van der Waals surface area contributed by atoms with E-state index in [4.69, 9.17) is 4.42 Å². The van der Waals surface area contributed by atoms with Gasteiger partial charge in [0.15, 0.2) is 0 Å². The average molecular weight is 591 g/mol. The molecule has 2 N–H and O–H groups in total. The Kier molecular flexibility index (Phi) is 7.78. The lowest BCUT2D eigenvalue weighted by atomic mass is 9.96. The number of hydrogen-bond acceptors (Lipinski definition) is 6. The van der Waals surface area contributed by atoms with Crippen molar-refractivity contribution in [1.82, 2.24) is 30.6 Å². The van der Waals surface area contributed by atoms with Gasteiger partial charge in [-0.05, 0) is 75.2 Å². The van der Waals surface area contributed by atoms with Gasteiger partial charge in [0.2, 0.25) is 5.71 Å². The number of benzene rings is 2. The number of furan rings is 1. The maximum Gasteiger partial charge on any atom is 0.389 e. The molecule has 5 aromatic rings. The zero-order chi connectivity index (χ0) is 30.9. The first-order valence-corrected chi connectivity index (χ1v) is 13.5. The minimum absolute atomic E-state index is 0.0245. The second-order valence-corrected chi connectivity index (χ2v) is 11.0. The molecule has 0 bridgehead atoms. The van der Waals surface area contributed by atoms with E-state index in [0.29, 0.717) is 27.6 Å². The van der Waals surface area contributed by atoms with Gasteiger partial charge in [-0.2, -0.15) is 13.2 Å². The first-order chi connectivity index (χ1) is 20.3. The van der Waals surface area contributed by atoms with Crippen molar-refractivity contribution in [3.63, 3.8) is 0 Å². The number of alkyl halides is 3. The number of nitrogens with zero attached hydrogens (tertiary/aromatic N) is 4. The van der Waals surface area contributed by atoms with E-state index < -0.39 is 30.5 Å². The second-order valence-electron chi connectivity index (χ2n) is 11.0. The molecule has 3 heterocycles. The highest BCUT2D eigenvalue weighted by Crippen LogP contribution is 2.38. The molecule has 0 aliphatic heterocycles. The van der Waals surface area contributed by atoms with Crippen molar-refractivity contribution in [3.05, 3.63) is 83.8 Å². The Morgan fingerprint density at radius 1 is 0.977 bits per heavy atom. The van der Waals surface area contributed by atoms with Gasteiger partial charge >= 0.3 is 6.18 Å². The number of hydrogen-bond donors (Lipinski definition) is 2. The average Bonchev–Trinajstić information content (AvgIpc) is 3.62. The summed E-state index contributed by atoms with van der Waals surface area (Å²) in [5, 5.41) is 13.6. The molecule has 2 aromatic carbocycles. The van der Waals surface area contributed by atoms with Gasteiger partial charge in [-0.3, -0.25) is 9.59 Å². The van der Waals surface area contributed by atoms with Crippen LogP contribution in [0.2, 0.25) is 0 Å². The highest BCUT2D eigenvalue weighted by molar-refractivity contribution is 6.11. The minimum Gasteiger partial charge on any atom is -0.437 e. The van der Waals surface area contributed by atoms with E-state index in [1.54, 1.807) is 71.7 Å². The van der Waals surface area contributed by atoms with Gasteiger partial charge in [-0.15, -0.1) is 5.10 Å². The summed E-state index contributed by atoms with van der Waals surface area (Å²) >= 11 is 0. The fraction of sp³-hybridized carbons (Fsp3) is 0.258. The molecule has 0 fully saturated rings. The van der Waals surface area contributed by atoms with Crippen LogP contribution < -0.4 is 10.6 Å². The van der Waals surface area contributed by atoms with Crippen molar-refractivity contribution in [2.24, 2.45) is 0 Å². The quantitative estimate of drug-likeness (QED) is 0.236. The predicted molar refractivity (Wildman–Crippen MR) is 155 cm³/mol. The number of rotatable bonds is 7. The molecule has 9 nitrogen and oxygen atoms in total. The molecule has 0 saturated heterocycles. The summed E-state index contributed by atoms with van der Waals surface area (Å²) in [5.41, 5.74) is 2.31. The Hall–Kier alpha value is -5.00. The molecule has 2 amide bonds. The predicted octanol–water partition coefficient (Wildman–Crippen LogP) is 6.13. The van der Waals surface area contributed by atoms with E-state index in [9.17, 15) is 22.8 Å². The second kappa shape index (κ2) is 11.3. The zero-order valence-corrected chi connectivity index (χ0v) is 23.9. The summed E-state index contributed by atoms with van der Waals surface area (Å²) in [4.78, 5) is 30.6. The highest BCUT2D eigenvalue weighted by atomic mass is 19.4. The Labute approximate surface area is 245 Å². The first-order valence-electron chi connectivity index (χ1n) is 13.5. The molecule has 0 saturated carbocycles. The molecule has 0 atom stereocenters. The molecule has 0 unspecified atom stereocenters. The Morgan fingerprint density at radius 3 is 2.35 bits per heavy atom. The number of aryl methyl sites for hydroxylation is 1. The van der Waals surface area contributed by atoms with Crippen LogP contribution in [0.5, 0.6) is 0 Å². The third-order valence-corrected chi connectivity index (χ3v) is 6.60. The highest BCUT2D eigenvalue weighted by Gasteiger charge is 2.29. The summed E-state index contributed by atoms with van der Waals surface area (Å²) in [5.74, 6) is -0.571. The molecule has 0 radical (unpaired) electrons. The normalized spacial score (nSPS) is 12.0. The third kappa shape index (κ3) is 6.58. The van der Waals surface area contributed by atoms with E-state index in [2.05, 4.69) is 25.9 Å². The van der Waals surface area contributed by atoms with E-state index in [0.717, 1.165) is 5.69 Å². The topological polar surface area (TPSA) is 115 Å². The van der Waals surface area contributed by atoms with Crippen LogP contribution in [0.4, 0.5) is 13.2 Å². The minimum atomic E-state index is -4.42. The molecule has 5 rings (SSSR count). The molecule has 3 aromatic heterocycles. The summed E-state index contributed by atoms with van der Waals surface area (Å²) < 4.78 is 47.6. The van der Waals surface area contributed by atoms with E-state index in [1.165, 1.54) is 7.05 Å². The lowest BCUT2D eigenvalue weighted by molar-refractivity contribution is -0.134. The van der Waals surface area contributed by atoms with Crippen molar-refractivity contribution < 1.29 is 27.2 Å². The molecule has 12 heteroatoms. The van der Waals surface area contributed by atoms with Gasteiger partial charge in [0.25, 0.3) is 11.8 Å². The van der Waals surface area contributed by atoms with Gasteiger partial charge in [-0.1, -0.05) is 17.3 Å². The summed E-state index contributed by atoms with van der Waals surface area (Å²) in [7, 11) is 1.47. The molecular formula is C31H29F3N6O3. The number of halogens is 3. The van der Waals surface area contributed by atoms with Crippen molar-refractivity contribution in [3.8, 4) is 28.1 Å². The number of fused-ring (bicyclic) bond motifs is 1. The first kappa shape index (κ1) is 29.5. The standard InChI is InChI=1S/C31H29F3N6O3/c1-30(2,3)38-27(41)20-7-5-6-19(16-20)22-17-23-25(28(42)35-4)26(43-29(23)37-24(22)12-13-31(32,33)34)18-8-10-21(11-9-18)40-15-14-36-39-40/h5-11,14-17H,12-13H2,1-4H3,(H,35,42)(H,38,41). The van der Waals surface area contributed by atoms with Gasteiger partial charge in [0.05, 0.1) is 34.7 Å². The maximum atomic E-state index is 13.3. The molecule has 0 aliphatic rings. The van der Waals surface area contributed by atoms with E-state index in [1.807, 2.05) is 20.8 Å². The largest absolute Gasteiger partial charge is 0.437 e. The van der Waals surface area contributed by atoms with Crippen LogP contribution in [0.25, 0.3) is 39.2 Å². The molecule has 0 aliphatic carbocycles. The number of carbonyl (C=O) groups is 2. The monoisotopic (exact) mass is 590 g/mol. The fourth-order valence-corrected chi connectivity index (χ4v) is 4.67. The smallest absolute Gasteiger partial charge is 0.389 e. The molecule has 43 heavy (non-hydrogen) atoms. The van der Waals surface area contributed by atoms with Gasteiger partial charge < -0.3 is 15.1 Å². The van der Waals surface area contributed by atoms with E-state index in [-0.39, 0.29) is 28.6 Å². The van der Waals surface area contributed by atoms with Crippen LogP contribution in [-0.4, -0.2) is 50.6 Å². The lowest BCUT2D eigenvalue weighted by Gasteiger charge is -2.20.